The van der Waals surface area contributed by atoms with E-state index in [0.29, 0.717) is 34.9 Å². The molecule has 0 unspecified atom stereocenters. The van der Waals surface area contributed by atoms with Gasteiger partial charge in [0.25, 0.3) is 5.91 Å². The van der Waals surface area contributed by atoms with Crippen LogP contribution in [0.1, 0.15) is 36.5 Å². The van der Waals surface area contributed by atoms with Crippen LogP contribution in [0.2, 0.25) is 5.02 Å². The molecule has 0 saturated carbocycles. The zero-order chi connectivity index (χ0) is 20.1. The van der Waals surface area contributed by atoms with Crippen molar-refractivity contribution in [1.29, 1.82) is 0 Å². The third kappa shape index (κ3) is 4.70. The SMILES string of the molecule is CCC(=O)c1cc(Cl)ccc1OCC(=O)Nc1ccc(N2CCCC2=O)cc1. The van der Waals surface area contributed by atoms with E-state index in [1.807, 2.05) is 0 Å². The maximum Gasteiger partial charge on any atom is 0.262 e. The van der Waals surface area contributed by atoms with Gasteiger partial charge in [0, 0.05) is 35.8 Å². The van der Waals surface area contributed by atoms with Crippen LogP contribution in [-0.4, -0.2) is 30.7 Å². The Morgan fingerprint density at radius 1 is 1.18 bits per heavy atom. The molecule has 0 aliphatic carbocycles. The highest BCUT2D eigenvalue weighted by Gasteiger charge is 2.21. The van der Waals surface area contributed by atoms with Crippen molar-refractivity contribution in [3.8, 4) is 5.75 Å². The Labute approximate surface area is 168 Å². The van der Waals surface area contributed by atoms with Crippen molar-refractivity contribution in [2.75, 3.05) is 23.4 Å². The van der Waals surface area contributed by atoms with E-state index < -0.39 is 0 Å². The smallest absolute Gasteiger partial charge is 0.262 e. The summed E-state index contributed by atoms with van der Waals surface area (Å²) in [6.45, 7) is 2.23. The Balaban J connectivity index is 1.59. The van der Waals surface area contributed by atoms with Crippen LogP contribution in [0, 0.1) is 0 Å². The number of carbonyl (C=O) groups excluding carboxylic acids is 3. The van der Waals surface area contributed by atoms with Crippen LogP contribution in [0.5, 0.6) is 5.75 Å². The summed E-state index contributed by atoms with van der Waals surface area (Å²) < 4.78 is 5.52. The quantitative estimate of drug-likeness (QED) is 0.710. The van der Waals surface area contributed by atoms with E-state index in [2.05, 4.69) is 5.32 Å². The molecule has 6 nitrogen and oxygen atoms in total. The molecule has 0 aromatic heterocycles. The van der Waals surface area contributed by atoms with Crippen molar-refractivity contribution in [2.45, 2.75) is 26.2 Å². The van der Waals surface area contributed by atoms with Gasteiger partial charge < -0.3 is 15.0 Å². The summed E-state index contributed by atoms with van der Waals surface area (Å²) in [6.07, 6.45) is 1.75. The number of ketones is 1. The summed E-state index contributed by atoms with van der Waals surface area (Å²) in [5.41, 5.74) is 1.79. The van der Waals surface area contributed by atoms with Gasteiger partial charge in [0.05, 0.1) is 5.56 Å². The van der Waals surface area contributed by atoms with E-state index in [4.69, 9.17) is 16.3 Å². The molecule has 146 valence electrons. The first-order chi connectivity index (χ1) is 13.5. The molecule has 1 N–H and O–H groups in total. The van der Waals surface area contributed by atoms with Crippen molar-refractivity contribution in [2.24, 2.45) is 0 Å². The minimum atomic E-state index is -0.352. The number of hydrogen-bond acceptors (Lipinski definition) is 4. The molecule has 3 rings (SSSR count). The third-order valence-electron chi connectivity index (χ3n) is 4.46. The second kappa shape index (κ2) is 8.89. The number of hydrogen-bond donors (Lipinski definition) is 1. The summed E-state index contributed by atoms with van der Waals surface area (Å²) >= 11 is 5.95. The zero-order valence-electron chi connectivity index (χ0n) is 15.5. The molecule has 0 radical (unpaired) electrons. The molecule has 0 bridgehead atoms. The van der Waals surface area contributed by atoms with Crippen LogP contribution in [-0.2, 0) is 9.59 Å². The van der Waals surface area contributed by atoms with E-state index in [1.165, 1.54) is 0 Å². The Kier molecular flexibility index (Phi) is 6.31. The number of rotatable bonds is 7. The lowest BCUT2D eigenvalue weighted by atomic mass is 10.1. The van der Waals surface area contributed by atoms with Crippen LogP contribution in [0.25, 0.3) is 0 Å². The molecule has 7 heteroatoms. The number of nitrogens with zero attached hydrogens (tertiary/aromatic N) is 1. The number of Topliss-reactive ketones (excluding diaryl/α,β-unsaturated/α-hetero) is 1. The first-order valence-corrected chi connectivity index (χ1v) is 9.51. The largest absolute Gasteiger partial charge is 0.483 e. The molecule has 2 aromatic rings. The number of amides is 2. The average Bonchev–Trinajstić information content (AvgIpc) is 3.13. The second-order valence-corrected chi connectivity index (χ2v) is 6.89. The number of halogens is 1. The minimum Gasteiger partial charge on any atom is -0.483 e. The first-order valence-electron chi connectivity index (χ1n) is 9.13. The van der Waals surface area contributed by atoms with Gasteiger partial charge in [0.15, 0.2) is 12.4 Å². The number of carbonyl (C=O) groups is 3. The van der Waals surface area contributed by atoms with Gasteiger partial charge >= 0.3 is 0 Å². The Morgan fingerprint density at radius 2 is 1.93 bits per heavy atom. The van der Waals surface area contributed by atoms with Gasteiger partial charge in [-0.05, 0) is 48.9 Å². The van der Waals surface area contributed by atoms with Crippen LogP contribution < -0.4 is 15.0 Å². The molecular formula is C21H21ClN2O4. The number of ether oxygens (including phenoxy) is 1. The Bertz CT molecular complexity index is 896. The number of anilines is 2. The fraction of sp³-hybridized carbons (Fsp3) is 0.286. The summed E-state index contributed by atoms with van der Waals surface area (Å²) in [5.74, 6) is -0.0142. The third-order valence-corrected chi connectivity index (χ3v) is 4.69. The van der Waals surface area contributed by atoms with E-state index in [-0.39, 0.29) is 24.2 Å². The van der Waals surface area contributed by atoms with Crippen LogP contribution >= 0.6 is 11.6 Å². The summed E-state index contributed by atoms with van der Waals surface area (Å²) in [6, 6.07) is 11.8. The highest BCUT2D eigenvalue weighted by atomic mass is 35.5. The van der Waals surface area contributed by atoms with Crippen molar-refractivity contribution in [1.82, 2.24) is 0 Å². The minimum absolute atomic E-state index is 0.107. The molecule has 1 aliphatic heterocycles. The number of nitrogens with one attached hydrogen (secondary N) is 1. The number of benzene rings is 2. The first kappa shape index (κ1) is 19.9. The molecule has 1 aliphatic rings. The monoisotopic (exact) mass is 400 g/mol. The van der Waals surface area contributed by atoms with Gasteiger partial charge in [-0.3, -0.25) is 14.4 Å². The lowest BCUT2D eigenvalue weighted by molar-refractivity contribution is -0.118. The van der Waals surface area contributed by atoms with Gasteiger partial charge in [-0.15, -0.1) is 0 Å². The highest BCUT2D eigenvalue weighted by Crippen LogP contribution is 2.25. The Morgan fingerprint density at radius 3 is 2.57 bits per heavy atom. The van der Waals surface area contributed by atoms with Gasteiger partial charge in [-0.2, -0.15) is 0 Å². The average molecular weight is 401 g/mol. The van der Waals surface area contributed by atoms with Crippen LogP contribution in [0.4, 0.5) is 11.4 Å². The molecule has 1 fully saturated rings. The summed E-state index contributed by atoms with van der Waals surface area (Å²) in [7, 11) is 0. The van der Waals surface area contributed by atoms with Crippen molar-refractivity contribution in [3.05, 3.63) is 53.1 Å². The zero-order valence-corrected chi connectivity index (χ0v) is 16.3. The van der Waals surface area contributed by atoms with Gasteiger partial charge in [-0.25, -0.2) is 0 Å². The molecule has 1 saturated heterocycles. The van der Waals surface area contributed by atoms with Gasteiger partial charge in [-0.1, -0.05) is 18.5 Å². The van der Waals surface area contributed by atoms with Crippen LogP contribution in [0.3, 0.4) is 0 Å². The normalized spacial score (nSPS) is 13.5. The molecular weight excluding hydrogens is 380 g/mol. The predicted molar refractivity (Wildman–Crippen MR) is 108 cm³/mol. The van der Waals surface area contributed by atoms with Crippen molar-refractivity contribution in [3.63, 3.8) is 0 Å². The predicted octanol–water partition coefficient (Wildman–Crippen LogP) is 4.08. The standard InChI is InChI=1S/C21H21ClN2O4/c1-2-18(25)17-12-14(22)5-10-19(17)28-13-20(26)23-15-6-8-16(9-7-15)24-11-3-4-21(24)27/h5-10,12H,2-4,11,13H2,1H3,(H,23,26). The molecule has 2 amide bonds. The van der Waals surface area contributed by atoms with Gasteiger partial charge in [0.1, 0.15) is 5.75 Å². The second-order valence-electron chi connectivity index (χ2n) is 6.45. The van der Waals surface area contributed by atoms with Crippen molar-refractivity contribution >= 4 is 40.6 Å². The highest BCUT2D eigenvalue weighted by molar-refractivity contribution is 6.31. The van der Waals surface area contributed by atoms with E-state index in [0.717, 1.165) is 18.7 Å². The molecule has 28 heavy (non-hydrogen) atoms. The fourth-order valence-corrected chi connectivity index (χ4v) is 3.19. The lowest BCUT2D eigenvalue weighted by Gasteiger charge is -2.16. The fourth-order valence-electron chi connectivity index (χ4n) is 3.02. The van der Waals surface area contributed by atoms with Gasteiger partial charge in [0.2, 0.25) is 5.91 Å². The van der Waals surface area contributed by atoms with E-state index in [9.17, 15) is 14.4 Å². The van der Waals surface area contributed by atoms with E-state index in [1.54, 1.807) is 54.3 Å². The maximum absolute atomic E-state index is 12.2. The van der Waals surface area contributed by atoms with Crippen LogP contribution in [0.15, 0.2) is 42.5 Å². The van der Waals surface area contributed by atoms with Crippen molar-refractivity contribution < 1.29 is 19.1 Å². The molecule has 0 spiro atoms. The summed E-state index contributed by atoms with van der Waals surface area (Å²) in [5, 5.41) is 3.17. The molecule has 2 aromatic carbocycles. The topological polar surface area (TPSA) is 75.7 Å². The van der Waals surface area contributed by atoms with E-state index >= 15 is 0 Å². The summed E-state index contributed by atoms with van der Waals surface area (Å²) in [4.78, 5) is 37.7. The Hall–Kier alpha value is -2.86. The lowest BCUT2D eigenvalue weighted by Crippen LogP contribution is -2.24. The molecule has 0 atom stereocenters. The molecule has 1 heterocycles. The maximum atomic E-state index is 12.2.